The summed E-state index contributed by atoms with van der Waals surface area (Å²) in [6, 6.07) is 12.1. The topological polar surface area (TPSA) is 62.2 Å². The maximum atomic E-state index is 12.9. The van der Waals surface area contributed by atoms with Crippen molar-refractivity contribution in [3.8, 4) is 0 Å². The van der Waals surface area contributed by atoms with Crippen molar-refractivity contribution in [3.63, 3.8) is 0 Å². The van der Waals surface area contributed by atoms with Gasteiger partial charge in [-0.15, -0.1) is 0 Å². The molecule has 0 spiro atoms. The number of para-hydroxylation sites is 1. The third-order valence-corrected chi connectivity index (χ3v) is 5.14. The van der Waals surface area contributed by atoms with Gasteiger partial charge in [0, 0.05) is 37.8 Å². The van der Waals surface area contributed by atoms with Gasteiger partial charge in [-0.05, 0) is 37.1 Å². The largest absolute Gasteiger partial charge is 0.337 e. The first-order chi connectivity index (χ1) is 13.2. The summed E-state index contributed by atoms with van der Waals surface area (Å²) in [5.74, 6) is 0.380. The quantitative estimate of drug-likeness (QED) is 0.716. The van der Waals surface area contributed by atoms with Crippen LogP contribution in [-0.2, 0) is 6.42 Å². The monoisotopic (exact) mass is 361 g/mol. The molecule has 2 aromatic heterocycles. The highest BCUT2D eigenvalue weighted by atomic mass is 16.2. The Morgan fingerprint density at radius 2 is 1.96 bits per heavy atom. The number of pyridine rings is 1. The zero-order valence-electron chi connectivity index (χ0n) is 15.5. The molecule has 1 atom stereocenters. The van der Waals surface area contributed by atoms with Gasteiger partial charge in [-0.3, -0.25) is 9.78 Å². The molecule has 1 fully saturated rings. The second kappa shape index (κ2) is 7.80. The van der Waals surface area contributed by atoms with Gasteiger partial charge in [0.1, 0.15) is 0 Å². The van der Waals surface area contributed by atoms with Gasteiger partial charge < -0.3 is 9.80 Å². The molecule has 0 saturated carbocycles. The van der Waals surface area contributed by atoms with Gasteiger partial charge in [-0.25, -0.2) is 0 Å². The van der Waals surface area contributed by atoms with E-state index in [9.17, 15) is 4.79 Å². The minimum atomic E-state index is 0.0289. The van der Waals surface area contributed by atoms with E-state index in [0.29, 0.717) is 11.5 Å². The molecule has 6 heteroatoms. The van der Waals surface area contributed by atoms with Crippen molar-refractivity contribution in [2.45, 2.75) is 6.42 Å². The van der Waals surface area contributed by atoms with E-state index in [2.05, 4.69) is 51.4 Å². The molecule has 1 aliphatic heterocycles. The minimum Gasteiger partial charge on any atom is -0.337 e. The molecule has 1 unspecified atom stereocenters. The summed E-state index contributed by atoms with van der Waals surface area (Å²) < 4.78 is 0. The average molecular weight is 361 g/mol. The highest BCUT2D eigenvalue weighted by molar-refractivity contribution is 5.93. The number of amides is 1. The van der Waals surface area contributed by atoms with E-state index in [1.54, 1.807) is 18.5 Å². The Hall–Kier alpha value is -2.86. The molecule has 1 amide bonds. The number of likely N-dealkylation sites (N-methyl/N-ethyl adjacent to an activating group) is 1. The first-order valence-electron chi connectivity index (χ1n) is 9.28. The van der Waals surface area contributed by atoms with Crippen molar-refractivity contribution >= 4 is 16.8 Å². The molecular weight excluding hydrogens is 338 g/mol. The van der Waals surface area contributed by atoms with Crippen molar-refractivity contribution in [2.24, 2.45) is 5.92 Å². The molecule has 6 nitrogen and oxygen atoms in total. The van der Waals surface area contributed by atoms with Crippen LogP contribution in [0.4, 0.5) is 0 Å². The molecule has 3 heterocycles. The standard InChI is InChI=1S/C21H23N5O/c1-25-10-11-26(21(27)19-7-9-23-24-13-19)15-16(14-25)12-18-5-2-4-17-6-3-8-22-20(17)18/h2-9,13,16H,10-12,14-15H2,1H3. The fourth-order valence-corrected chi connectivity index (χ4v) is 3.84. The molecule has 1 aromatic carbocycles. The lowest BCUT2D eigenvalue weighted by Crippen LogP contribution is -2.36. The molecular formula is C21H23N5O. The van der Waals surface area contributed by atoms with Crippen LogP contribution in [0.25, 0.3) is 10.9 Å². The fraction of sp³-hybridized carbons (Fsp3) is 0.333. The number of aromatic nitrogens is 3. The summed E-state index contributed by atoms with van der Waals surface area (Å²) in [6.07, 6.45) is 5.85. The summed E-state index contributed by atoms with van der Waals surface area (Å²) in [5, 5.41) is 8.77. The van der Waals surface area contributed by atoms with Gasteiger partial charge in [-0.1, -0.05) is 24.3 Å². The predicted molar refractivity (Wildman–Crippen MR) is 104 cm³/mol. The highest BCUT2D eigenvalue weighted by Crippen LogP contribution is 2.22. The van der Waals surface area contributed by atoms with Crippen LogP contribution in [0.15, 0.2) is 55.0 Å². The zero-order chi connectivity index (χ0) is 18.6. The van der Waals surface area contributed by atoms with Crippen molar-refractivity contribution < 1.29 is 4.79 Å². The van der Waals surface area contributed by atoms with Crippen LogP contribution < -0.4 is 0 Å². The number of benzene rings is 1. The first kappa shape index (κ1) is 17.5. The van der Waals surface area contributed by atoms with Crippen LogP contribution in [0.1, 0.15) is 15.9 Å². The van der Waals surface area contributed by atoms with Gasteiger partial charge in [0.15, 0.2) is 0 Å². The zero-order valence-corrected chi connectivity index (χ0v) is 15.5. The molecule has 4 rings (SSSR count). The number of rotatable bonds is 3. The van der Waals surface area contributed by atoms with E-state index in [1.165, 1.54) is 5.56 Å². The number of hydrogen-bond acceptors (Lipinski definition) is 5. The number of fused-ring (bicyclic) bond motifs is 1. The Labute approximate surface area is 158 Å². The highest BCUT2D eigenvalue weighted by Gasteiger charge is 2.25. The predicted octanol–water partition coefficient (Wildman–Crippen LogP) is 2.27. The van der Waals surface area contributed by atoms with E-state index in [0.717, 1.165) is 43.5 Å². The summed E-state index contributed by atoms with van der Waals surface area (Å²) >= 11 is 0. The second-order valence-corrected chi connectivity index (χ2v) is 7.21. The molecule has 1 aliphatic rings. The van der Waals surface area contributed by atoms with Gasteiger partial charge in [0.05, 0.1) is 23.5 Å². The molecule has 0 radical (unpaired) electrons. The smallest absolute Gasteiger partial charge is 0.255 e. The SMILES string of the molecule is CN1CCN(C(=O)c2ccnnc2)CC(Cc2cccc3cccnc23)C1. The summed E-state index contributed by atoms with van der Waals surface area (Å²) in [6.45, 7) is 3.28. The van der Waals surface area contributed by atoms with Crippen LogP contribution in [0, 0.1) is 5.92 Å². The number of hydrogen-bond donors (Lipinski definition) is 0. The van der Waals surface area contributed by atoms with Crippen LogP contribution >= 0.6 is 0 Å². The van der Waals surface area contributed by atoms with Crippen LogP contribution in [-0.4, -0.2) is 64.1 Å². The molecule has 0 aliphatic carbocycles. The number of carbonyl (C=O) groups is 1. The number of nitrogens with zero attached hydrogens (tertiary/aromatic N) is 5. The third-order valence-electron chi connectivity index (χ3n) is 5.14. The van der Waals surface area contributed by atoms with E-state index < -0.39 is 0 Å². The molecule has 0 N–H and O–H groups in total. The van der Waals surface area contributed by atoms with E-state index in [4.69, 9.17) is 0 Å². The number of carbonyl (C=O) groups excluding carboxylic acids is 1. The first-order valence-corrected chi connectivity index (χ1v) is 9.28. The van der Waals surface area contributed by atoms with Gasteiger partial charge >= 0.3 is 0 Å². The normalized spacial score (nSPS) is 18.4. The Kier molecular flexibility index (Phi) is 5.07. The second-order valence-electron chi connectivity index (χ2n) is 7.21. The third kappa shape index (κ3) is 3.95. The van der Waals surface area contributed by atoms with Crippen molar-refractivity contribution in [1.82, 2.24) is 25.0 Å². The Bertz CT molecular complexity index is 925. The van der Waals surface area contributed by atoms with E-state index in [1.807, 2.05) is 17.2 Å². The average Bonchev–Trinajstić information content (AvgIpc) is 2.89. The summed E-state index contributed by atoms with van der Waals surface area (Å²) in [4.78, 5) is 21.7. The lowest BCUT2D eigenvalue weighted by Gasteiger charge is -2.24. The molecule has 3 aromatic rings. The molecule has 1 saturated heterocycles. The van der Waals surface area contributed by atoms with Gasteiger partial charge in [-0.2, -0.15) is 10.2 Å². The lowest BCUT2D eigenvalue weighted by atomic mass is 9.96. The molecule has 0 bridgehead atoms. The maximum absolute atomic E-state index is 12.9. The van der Waals surface area contributed by atoms with Crippen LogP contribution in [0.5, 0.6) is 0 Å². The van der Waals surface area contributed by atoms with Crippen LogP contribution in [0.2, 0.25) is 0 Å². The molecule has 27 heavy (non-hydrogen) atoms. The minimum absolute atomic E-state index is 0.0289. The van der Waals surface area contributed by atoms with Crippen molar-refractivity contribution in [2.75, 3.05) is 33.2 Å². The Morgan fingerprint density at radius 3 is 2.81 bits per heavy atom. The molecule has 138 valence electrons. The van der Waals surface area contributed by atoms with E-state index in [-0.39, 0.29) is 5.91 Å². The van der Waals surface area contributed by atoms with Crippen molar-refractivity contribution in [3.05, 3.63) is 66.1 Å². The van der Waals surface area contributed by atoms with E-state index >= 15 is 0 Å². The fourth-order valence-electron chi connectivity index (χ4n) is 3.84. The summed E-state index contributed by atoms with van der Waals surface area (Å²) in [7, 11) is 2.12. The lowest BCUT2D eigenvalue weighted by molar-refractivity contribution is 0.0745. The van der Waals surface area contributed by atoms with Gasteiger partial charge in [0.2, 0.25) is 0 Å². The Morgan fingerprint density at radius 1 is 1.07 bits per heavy atom. The van der Waals surface area contributed by atoms with Gasteiger partial charge in [0.25, 0.3) is 5.91 Å². The summed E-state index contributed by atoms with van der Waals surface area (Å²) in [5.41, 5.74) is 2.90. The Balaban J connectivity index is 1.57. The van der Waals surface area contributed by atoms with Crippen molar-refractivity contribution in [1.29, 1.82) is 0 Å². The van der Waals surface area contributed by atoms with Crippen LogP contribution in [0.3, 0.4) is 0 Å². The maximum Gasteiger partial charge on any atom is 0.255 e.